The van der Waals surface area contributed by atoms with Gasteiger partial charge in [-0.3, -0.25) is 0 Å². The molecule has 0 radical (unpaired) electrons. The van der Waals surface area contributed by atoms with Gasteiger partial charge in [0.25, 0.3) is 0 Å². The number of hydrogen-bond acceptors (Lipinski definition) is 2. The summed E-state index contributed by atoms with van der Waals surface area (Å²) in [4.78, 5) is 10.2. The van der Waals surface area contributed by atoms with Gasteiger partial charge in [0.1, 0.15) is 6.61 Å². The minimum absolute atomic E-state index is 0.158. The zero-order valence-electron chi connectivity index (χ0n) is 12.0. The van der Waals surface area contributed by atoms with Crippen molar-refractivity contribution in [3.8, 4) is 0 Å². The summed E-state index contributed by atoms with van der Waals surface area (Å²) in [6.45, 7) is 0.426. The summed E-state index contributed by atoms with van der Waals surface area (Å²) >= 11 is 3.45. The predicted octanol–water partition coefficient (Wildman–Crippen LogP) is 4.77. The van der Waals surface area contributed by atoms with Crippen molar-refractivity contribution < 1.29 is 14.6 Å². The Hall–Kier alpha value is -0.0900. The van der Waals surface area contributed by atoms with E-state index in [0.717, 1.165) is 18.2 Å². The molecule has 0 heterocycles. The number of carboxylic acids is 1. The smallest absolute Gasteiger partial charge is 0.329 e. The first-order chi connectivity index (χ1) is 9.27. The van der Waals surface area contributed by atoms with Crippen molar-refractivity contribution in [2.75, 3.05) is 18.5 Å². The van der Waals surface area contributed by atoms with Crippen LogP contribution in [0.2, 0.25) is 0 Å². The highest BCUT2D eigenvalue weighted by Crippen LogP contribution is 2.11. The number of aliphatic carboxylic acids is 1. The fourth-order valence-corrected chi connectivity index (χ4v) is 2.45. The number of hydrogen-bond donors (Lipinski definition) is 1. The van der Waals surface area contributed by atoms with Crippen molar-refractivity contribution in [3.63, 3.8) is 0 Å². The third kappa shape index (κ3) is 17.9. The number of alkyl halides is 1. The molecule has 0 fully saturated rings. The molecule has 0 atom stereocenters. The van der Waals surface area contributed by atoms with Gasteiger partial charge in [0.2, 0.25) is 0 Å². The van der Waals surface area contributed by atoms with E-state index in [1.165, 1.54) is 57.8 Å². The quantitative estimate of drug-likeness (QED) is 0.346. The average molecular weight is 337 g/mol. The van der Waals surface area contributed by atoms with E-state index in [1.54, 1.807) is 0 Å². The lowest BCUT2D eigenvalue weighted by Crippen LogP contribution is -2.07. The van der Waals surface area contributed by atoms with Gasteiger partial charge < -0.3 is 9.84 Å². The highest BCUT2D eigenvalue weighted by Gasteiger charge is 1.96. The van der Waals surface area contributed by atoms with E-state index in [4.69, 9.17) is 9.84 Å². The van der Waals surface area contributed by atoms with Crippen LogP contribution in [0.25, 0.3) is 0 Å². The molecule has 0 aromatic carbocycles. The van der Waals surface area contributed by atoms with E-state index in [1.807, 2.05) is 0 Å². The van der Waals surface area contributed by atoms with Crippen molar-refractivity contribution >= 4 is 21.9 Å². The SMILES string of the molecule is O=C(O)COCCCCCCCCCCCCCBr. The molecule has 0 saturated heterocycles. The summed E-state index contributed by atoms with van der Waals surface area (Å²) in [5, 5.41) is 9.52. The van der Waals surface area contributed by atoms with Crippen molar-refractivity contribution in [2.24, 2.45) is 0 Å². The zero-order valence-corrected chi connectivity index (χ0v) is 13.6. The number of carbonyl (C=O) groups is 1. The Kier molecular flexibility index (Phi) is 15.9. The first-order valence-electron chi connectivity index (χ1n) is 7.63. The number of rotatable bonds is 15. The largest absolute Gasteiger partial charge is 0.480 e. The van der Waals surface area contributed by atoms with E-state index >= 15 is 0 Å². The van der Waals surface area contributed by atoms with Crippen LogP contribution >= 0.6 is 15.9 Å². The van der Waals surface area contributed by atoms with E-state index in [0.29, 0.717) is 6.61 Å². The fourth-order valence-electron chi connectivity index (χ4n) is 2.05. The van der Waals surface area contributed by atoms with Gasteiger partial charge in [-0.05, 0) is 12.8 Å². The monoisotopic (exact) mass is 336 g/mol. The molecule has 0 saturated carbocycles. The van der Waals surface area contributed by atoms with E-state index in [-0.39, 0.29) is 6.61 Å². The van der Waals surface area contributed by atoms with Crippen LogP contribution in [0.4, 0.5) is 0 Å². The number of unbranched alkanes of at least 4 members (excludes halogenated alkanes) is 10. The van der Waals surface area contributed by atoms with Crippen LogP contribution in [0, 0.1) is 0 Å². The molecule has 114 valence electrons. The van der Waals surface area contributed by atoms with Gasteiger partial charge >= 0.3 is 5.97 Å². The van der Waals surface area contributed by atoms with Crippen LogP contribution in [0.3, 0.4) is 0 Å². The van der Waals surface area contributed by atoms with E-state index < -0.39 is 5.97 Å². The van der Waals surface area contributed by atoms with Crippen molar-refractivity contribution in [1.82, 2.24) is 0 Å². The Labute approximate surface area is 126 Å². The molecule has 0 aliphatic rings. The number of carboxylic acid groups (broad SMARTS) is 1. The second-order valence-electron chi connectivity index (χ2n) is 5.02. The second-order valence-corrected chi connectivity index (χ2v) is 5.82. The summed E-state index contributed by atoms with van der Waals surface area (Å²) in [6, 6.07) is 0. The standard InChI is InChI=1S/C15H29BrO3/c16-12-10-8-6-4-2-1-3-5-7-9-11-13-19-14-15(17)18/h1-14H2,(H,17,18). The fraction of sp³-hybridized carbons (Fsp3) is 0.933. The number of halogens is 1. The van der Waals surface area contributed by atoms with Crippen LogP contribution in [0.15, 0.2) is 0 Å². The van der Waals surface area contributed by atoms with Gasteiger partial charge in [0.05, 0.1) is 0 Å². The molecule has 0 spiro atoms. The highest BCUT2D eigenvalue weighted by molar-refractivity contribution is 9.09. The molecular weight excluding hydrogens is 308 g/mol. The van der Waals surface area contributed by atoms with Crippen LogP contribution in [-0.4, -0.2) is 29.6 Å². The normalized spacial score (nSPS) is 10.8. The maximum Gasteiger partial charge on any atom is 0.329 e. The molecule has 0 rings (SSSR count). The minimum Gasteiger partial charge on any atom is -0.480 e. The topological polar surface area (TPSA) is 46.5 Å². The van der Waals surface area contributed by atoms with Crippen molar-refractivity contribution in [2.45, 2.75) is 70.6 Å². The lowest BCUT2D eigenvalue weighted by atomic mass is 10.1. The van der Waals surface area contributed by atoms with Gasteiger partial charge in [-0.1, -0.05) is 73.7 Å². The molecule has 0 aromatic rings. The third-order valence-corrected chi connectivity index (χ3v) is 3.71. The van der Waals surface area contributed by atoms with Crippen molar-refractivity contribution in [1.29, 1.82) is 0 Å². The second kappa shape index (κ2) is 16.0. The molecule has 1 N–H and O–H groups in total. The van der Waals surface area contributed by atoms with Crippen LogP contribution in [-0.2, 0) is 9.53 Å². The predicted molar refractivity (Wildman–Crippen MR) is 83.0 cm³/mol. The Morgan fingerprint density at radius 3 is 1.63 bits per heavy atom. The van der Waals surface area contributed by atoms with Gasteiger partial charge in [-0.2, -0.15) is 0 Å². The molecule has 0 unspecified atom stereocenters. The summed E-state index contributed by atoms with van der Waals surface area (Å²) < 4.78 is 4.98. The lowest BCUT2D eigenvalue weighted by molar-refractivity contribution is -0.142. The minimum atomic E-state index is -0.879. The maximum absolute atomic E-state index is 10.2. The maximum atomic E-state index is 10.2. The molecular formula is C15H29BrO3. The molecule has 0 bridgehead atoms. The first-order valence-corrected chi connectivity index (χ1v) is 8.75. The van der Waals surface area contributed by atoms with Gasteiger partial charge in [0, 0.05) is 11.9 Å². The third-order valence-electron chi connectivity index (χ3n) is 3.15. The Balaban J connectivity index is 2.93. The molecule has 0 aliphatic carbocycles. The zero-order chi connectivity index (χ0) is 14.2. The lowest BCUT2D eigenvalue weighted by Gasteiger charge is -2.03. The summed E-state index contributed by atoms with van der Waals surface area (Å²) in [5.41, 5.74) is 0. The summed E-state index contributed by atoms with van der Waals surface area (Å²) in [5.74, 6) is -0.879. The molecule has 0 amide bonds. The summed E-state index contributed by atoms with van der Waals surface area (Å²) in [7, 11) is 0. The number of ether oxygens (including phenoxy) is 1. The van der Waals surface area contributed by atoms with Gasteiger partial charge in [-0.15, -0.1) is 0 Å². The average Bonchev–Trinajstić information content (AvgIpc) is 2.39. The molecule has 0 aromatic heterocycles. The van der Waals surface area contributed by atoms with Crippen LogP contribution in [0.5, 0.6) is 0 Å². The van der Waals surface area contributed by atoms with E-state index in [9.17, 15) is 4.79 Å². The van der Waals surface area contributed by atoms with E-state index in [2.05, 4.69) is 15.9 Å². The van der Waals surface area contributed by atoms with Gasteiger partial charge in [0.15, 0.2) is 0 Å². The Morgan fingerprint density at radius 1 is 0.789 bits per heavy atom. The molecule has 3 nitrogen and oxygen atoms in total. The van der Waals surface area contributed by atoms with Crippen LogP contribution < -0.4 is 0 Å². The first kappa shape index (κ1) is 18.9. The van der Waals surface area contributed by atoms with Gasteiger partial charge in [-0.25, -0.2) is 4.79 Å². The van der Waals surface area contributed by atoms with Crippen molar-refractivity contribution in [3.05, 3.63) is 0 Å². The molecule has 4 heteroatoms. The molecule has 19 heavy (non-hydrogen) atoms. The molecule has 0 aliphatic heterocycles. The highest BCUT2D eigenvalue weighted by atomic mass is 79.9. The Morgan fingerprint density at radius 2 is 1.21 bits per heavy atom. The summed E-state index contributed by atoms with van der Waals surface area (Å²) in [6.07, 6.45) is 14.2. The Bertz CT molecular complexity index is 198. The van der Waals surface area contributed by atoms with Crippen LogP contribution in [0.1, 0.15) is 70.6 Å².